The Kier molecular flexibility index (Phi) is 5.54. The van der Waals surface area contributed by atoms with Crippen molar-refractivity contribution >= 4 is 17.9 Å². The molecule has 8 heteroatoms. The number of carbonyl (C=O) groups excluding carboxylic acids is 2. The van der Waals surface area contributed by atoms with Gasteiger partial charge in [0.25, 0.3) is 0 Å². The van der Waals surface area contributed by atoms with Crippen LogP contribution in [0.25, 0.3) is 0 Å². The highest BCUT2D eigenvalue weighted by Crippen LogP contribution is 2.19. The minimum atomic E-state index is -1.35. The molecular weight excluding hydrogens is 278 g/mol. The summed E-state index contributed by atoms with van der Waals surface area (Å²) in [6.45, 7) is 5.55. The number of aliphatic carboxylic acids is 1. The van der Waals surface area contributed by atoms with Crippen molar-refractivity contribution in [2.45, 2.75) is 32.4 Å². The molecule has 1 fully saturated rings. The Morgan fingerprint density at radius 1 is 1.43 bits per heavy atom. The Hall–Kier alpha value is -1.83. The van der Waals surface area contributed by atoms with E-state index in [0.29, 0.717) is 6.61 Å². The van der Waals surface area contributed by atoms with Crippen LogP contribution >= 0.6 is 0 Å². The summed E-state index contributed by atoms with van der Waals surface area (Å²) < 4.78 is 5.24. The molecule has 0 aromatic rings. The smallest absolute Gasteiger partial charge is 0.329 e. The molecule has 0 saturated carbocycles. The van der Waals surface area contributed by atoms with Crippen LogP contribution in [0.4, 0.5) is 4.79 Å². The zero-order chi connectivity index (χ0) is 16.2. The van der Waals surface area contributed by atoms with Crippen LogP contribution in [0.1, 0.15) is 20.8 Å². The zero-order valence-electron chi connectivity index (χ0n) is 12.9. The SMILES string of the molecule is CCN(C(=O)N1CCOCC1C(=O)NC)C(C)(C)C(=O)O. The molecule has 0 spiro atoms. The number of carboxylic acid groups (broad SMARTS) is 1. The summed E-state index contributed by atoms with van der Waals surface area (Å²) in [6.07, 6.45) is 0. The monoisotopic (exact) mass is 301 g/mol. The number of carbonyl (C=O) groups is 3. The molecule has 1 saturated heterocycles. The minimum Gasteiger partial charge on any atom is -0.480 e. The maximum atomic E-state index is 12.7. The summed E-state index contributed by atoms with van der Waals surface area (Å²) >= 11 is 0. The summed E-state index contributed by atoms with van der Waals surface area (Å²) in [5.41, 5.74) is -1.35. The number of hydrogen-bond acceptors (Lipinski definition) is 4. The quantitative estimate of drug-likeness (QED) is 0.745. The number of likely N-dealkylation sites (N-methyl/N-ethyl adjacent to an activating group) is 2. The summed E-state index contributed by atoms with van der Waals surface area (Å²) in [6, 6.07) is -1.21. The fourth-order valence-electron chi connectivity index (χ4n) is 2.26. The Bertz CT molecular complexity index is 424. The van der Waals surface area contributed by atoms with E-state index in [1.54, 1.807) is 6.92 Å². The molecule has 0 aromatic heterocycles. The second kappa shape index (κ2) is 6.75. The molecule has 0 radical (unpaired) electrons. The fraction of sp³-hybridized carbons (Fsp3) is 0.769. The lowest BCUT2D eigenvalue weighted by atomic mass is 10.0. The number of hydrogen-bond donors (Lipinski definition) is 2. The highest BCUT2D eigenvalue weighted by molar-refractivity contribution is 5.90. The van der Waals surface area contributed by atoms with Gasteiger partial charge in [-0.25, -0.2) is 9.59 Å². The average Bonchev–Trinajstić information content (AvgIpc) is 2.46. The van der Waals surface area contributed by atoms with E-state index in [1.807, 2.05) is 0 Å². The molecule has 8 nitrogen and oxygen atoms in total. The minimum absolute atomic E-state index is 0.108. The van der Waals surface area contributed by atoms with E-state index in [-0.39, 0.29) is 25.6 Å². The van der Waals surface area contributed by atoms with Crippen LogP contribution in [-0.4, -0.2) is 77.7 Å². The van der Waals surface area contributed by atoms with Gasteiger partial charge in [-0.1, -0.05) is 0 Å². The second-order valence-electron chi connectivity index (χ2n) is 5.29. The van der Waals surface area contributed by atoms with E-state index in [9.17, 15) is 19.5 Å². The van der Waals surface area contributed by atoms with Crippen molar-refractivity contribution in [1.29, 1.82) is 0 Å². The Morgan fingerprint density at radius 3 is 2.52 bits per heavy atom. The van der Waals surface area contributed by atoms with Crippen molar-refractivity contribution in [2.75, 3.05) is 33.4 Å². The number of urea groups is 1. The first kappa shape index (κ1) is 17.2. The topological polar surface area (TPSA) is 99.2 Å². The fourth-order valence-corrected chi connectivity index (χ4v) is 2.26. The van der Waals surface area contributed by atoms with Gasteiger partial charge < -0.3 is 25.0 Å². The number of nitrogens with one attached hydrogen (secondary N) is 1. The van der Waals surface area contributed by atoms with Crippen LogP contribution in [-0.2, 0) is 14.3 Å². The van der Waals surface area contributed by atoms with Gasteiger partial charge >= 0.3 is 12.0 Å². The zero-order valence-corrected chi connectivity index (χ0v) is 12.9. The van der Waals surface area contributed by atoms with Crippen molar-refractivity contribution in [1.82, 2.24) is 15.1 Å². The lowest BCUT2D eigenvalue weighted by Crippen LogP contribution is -2.63. The van der Waals surface area contributed by atoms with E-state index < -0.39 is 23.6 Å². The first-order valence-electron chi connectivity index (χ1n) is 6.88. The van der Waals surface area contributed by atoms with Crippen LogP contribution in [0.15, 0.2) is 0 Å². The Balaban J connectivity index is 3.02. The van der Waals surface area contributed by atoms with Crippen LogP contribution in [0.3, 0.4) is 0 Å². The third-order valence-electron chi connectivity index (χ3n) is 3.67. The van der Waals surface area contributed by atoms with Gasteiger partial charge in [0.05, 0.1) is 13.2 Å². The van der Waals surface area contributed by atoms with Crippen LogP contribution in [0, 0.1) is 0 Å². The van der Waals surface area contributed by atoms with Gasteiger partial charge in [-0.3, -0.25) is 4.79 Å². The van der Waals surface area contributed by atoms with Gasteiger partial charge in [0.15, 0.2) is 0 Å². The van der Waals surface area contributed by atoms with E-state index in [1.165, 1.54) is 30.7 Å². The molecule has 1 aliphatic heterocycles. The first-order valence-corrected chi connectivity index (χ1v) is 6.88. The maximum absolute atomic E-state index is 12.7. The van der Waals surface area contributed by atoms with Gasteiger partial charge in [-0.2, -0.15) is 0 Å². The lowest BCUT2D eigenvalue weighted by molar-refractivity contribution is -0.148. The third-order valence-corrected chi connectivity index (χ3v) is 3.67. The van der Waals surface area contributed by atoms with E-state index in [2.05, 4.69) is 5.32 Å². The van der Waals surface area contributed by atoms with Crippen molar-refractivity contribution < 1.29 is 24.2 Å². The van der Waals surface area contributed by atoms with E-state index in [0.717, 1.165) is 0 Å². The molecule has 2 N–H and O–H groups in total. The highest BCUT2D eigenvalue weighted by atomic mass is 16.5. The van der Waals surface area contributed by atoms with Gasteiger partial charge in [0.1, 0.15) is 11.6 Å². The van der Waals surface area contributed by atoms with Crippen molar-refractivity contribution in [3.05, 3.63) is 0 Å². The first-order chi connectivity index (χ1) is 9.77. The maximum Gasteiger partial charge on any atom is 0.329 e. The van der Waals surface area contributed by atoms with E-state index in [4.69, 9.17) is 4.74 Å². The Labute approximate surface area is 124 Å². The van der Waals surface area contributed by atoms with Gasteiger partial charge in [0.2, 0.25) is 5.91 Å². The van der Waals surface area contributed by atoms with Crippen molar-refractivity contribution in [3.63, 3.8) is 0 Å². The van der Waals surface area contributed by atoms with Crippen molar-refractivity contribution in [2.24, 2.45) is 0 Å². The summed E-state index contributed by atoms with van der Waals surface area (Å²) in [5, 5.41) is 11.8. The number of nitrogens with zero attached hydrogens (tertiary/aromatic N) is 2. The van der Waals surface area contributed by atoms with Gasteiger partial charge in [0, 0.05) is 20.1 Å². The molecule has 21 heavy (non-hydrogen) atoms. The standard InChI is InChI=1S/C13H23N3O5/c1-5-16(13(2,3)11(18)19)12(20)15-6-7-21-8-9(15)10(17)14-4/h9H,5-8H2,1-4H3,(H,14,17)(H,18,19). The van der Waals surface area contributed by atoms with Crippen LogP contribution in [0.2, 0.25) is 0 Å². The molecule has 0 aliphatic carbocycles. The largest absolute Gasteiger partial charge is 0.480 e. The third kappa shape index (κ3) is 3.44. The summed E-state index contributed by atoms with van der Waals surface area (Å²) in [7, 11) is 1.48. The lowest BCUT2D eigenvalue weighted by Gasteiger charge is -2.41. The molecule has 0 aromatic carbocycles. The summed E-state index contributed by atoms with van der Waals surface area (Å²) in [5.74, 6) is -1.42. The normalized spacial score (nSPS) is 19.0. The predicted octanol–water partition coefficient (Wildman–Crippen LogP) is -0.262. The average molecular weight is 301 g/mol. The molecule has 0 bridgehead atoms. The van der Waals surface area contributed by atoms with Crippen molar-refractivity contribution in [3.8, 4) is 0 Å². The second-order valence-corrected chi connectivity index (χ2v) is 5.29. The van der Waals surface area contributed by atoms with Crippen LogP contribution < -0.4 is 5.32 Å². The highest BCUT2D eigenvalue weighted by Gasteiger charge is 2.42. The number of amides is 3. The van der Waals surface area contributed by atoms with Crippen LogP contribution in [0.5, 0.6) is 0 Å². The molecule has 1 aliphatic rings. The molecule has 1 atom stereocenters. The van der Waals surface area contributed by atoms with E-state index >= 15 is 0 Å². The molecule has 1 unspecified atom stereocenters. The number of ether oxygens (including phenoxy) is 1. The number of morpholine rings is 1. The molecule has 120 valence electrons. The Morgan fingerprint density at radius 2 is 2.05 bits per heavy atom. The van der Waals surface area contributed by atoms with Gasteiger partial charge in [-0.05, 0) is 20.8 Å². The van der Waals surface area contributed by atoms with Gasteiger partial charge in [-0.15, -0.1) is 0 Å². The predicted molar refractivity (Wildman–Crippen MR) is 74.9 cm³/mol. The number of carboxylic acids is 1. The molecular formula is C13H23N3O5. The molecule has 1 heterocycles. The number of rotatable bonds is 4. The summed E-state index contributed by atoms with van der Waals surface area (Å²) in [4.78, 5) is 38.5. The molecule has 1 rings (SSSR count). The molecule has 3 amide bonds.